The quantitative estimate of drug-likeness (QED) is 0.576. The second-order valence-electron chi connectivity index (χ2n) is 3.35. The number of hydrogen-bond donors (Lipinski definition) is 2. The van der Waals surface area contributed by atoms with Gasteiger partial charge in [-0.1, -0.05) is 13.8 Å². The van der Waals surface area contributed by atoms with Crippen LogP contribution in [0.1, 0.15) is 26.7 Å². The average molecular weight is 269 g/mol. The minimum Gasteiger partial charge on any atom is -0.480 e. The Bertz CT molecular complexity index is 260. The van der Waals surface area contributed by atoms with Gasteiger partial charge >= 0.3 is 13.8 Å². The van der Waals surface area contributed by atoms with Gasteiger partial charge in [0.25, 0.3) is 0 Å². The first-order valence-electron chi connectivity index (χ1n) is 5.47. The second kappa shape index (κ2) is 8.60. The molecular formula is C9H20NO6P. The summed E-state index contributed by atoms with van der Waals surface area (Å²) >= 11 is 0. The highest BCUT2D eigenvalue weighted by atomic mass is 31.2. The Morgan fingerprint density at radius 1 is 1.24 bits per heavy atom. The molecule has 0 aliphatic heterocycles. The summed E-state index contributed by atoms with van der Waals surface area (Å²) in [5.74, 6) is -1.23. The van der Waals surface area contributed by atoms with Crippen LogP contribution in [-0.4, -0.2) is 36.9 Å². The molecule has 0 fully saturated rings. The zero-order valence-electron chi connectivity index (χ0n) is 10.1. The van der Waals surface area contributed by atoms with Gasteiger partial charge in [-0.15, -0.1) is 0 Å². The summed E-state index contributed by atoms with van der Waals surface area (Å²) in [6.45, 7) is 3.69. The zero-order chi connectivity index (χ0) is 13.3. The minimum atomic E-state index is -3.69. The van der Waals surface area contributed by atoms with Gasteiger partial charge in [0, 0.05) is 0 Å². The van der Waals surface area contributed by atoms with E-state index in [2.05, 4.69) is 0 Å². The molecule has 0 bridgehead atoms. The maximum atomic E-state index is 11.9. The normalized spacial score (nSPS) is 13.6. The molecule has 0 saturated heterocycles. The number of phosphoric acid groups is 1. The topological polar surface area (TPSA) is 108 Å². The summed E-state index contributed by atoms with van der Waals surface area (Å²) in [5.41, 5.74) is 5.22. The van der Waals surface area contributed by atoms with E-state index in [4.69, 9.17) is 24.4 Å². The van der Waals surface area contributed by atoms with Crippen LogP contribution in [0.4, 0.5) is 0 Å². The lowest BCUT2D eigenvalue weighted by atomic mass is 10.3. The predicted octanol–water partition coefficient (Wildman–Crippen LogP) is 1.38. The van der Waals surface area contributed by atoms with E-state index in [-0.39, 0.29) is 13.2 Å². The van der Waals surface area contributed by atoms with Gasteiger partial charge in [0.2, 0.25) is 0 Å². The van der Waals surface area contributed by atoms with Gasteiger partial charge in [0.1, 0.15) is 6.04 Å². The van der Waals surface area contributed by atoms with Gasteiger partial charge in [-0.2, -0.15) is 0 Å². The standard InChI is InChI=1S/C9H20NO6P/c1-3-5-14-17(13,15-6-4-2)16-7-8(10)9(11)12/h8H,3-7,10H2,1-2H3,(H,11,12). The lowest BCUT2D eigenvalue weighted by Gasteiger charge is -2.18. The maximum absolute atomic E-state index is 11.9. The second-order valence-corrected chi connectivity index (χ2v) is 5.02. The summed E-state index contributed by atoms with van der Waals surface area (Å²) in [6.07, 6.45) is 1.29. The SMILES string of the molecule is CCCOP(=O)(OCCC)OCC(N)C(=O)O. The molecule has 7 nitrogen and oxygen atoms in total. The molecule has 0 aromatic rings. The summed E-state index contributed by atoms with van der Waals surface area (Å²) in [4.78, 5) is 10.5. The van der Waals surface area contributed by atoms with Crippen molar-refractivity contribution in [3.05, 3.63) is 0 Å². The third-order valence-electron chi connectivity index (χ3n) is 1.64. The Balaban J connectivity index is 4.26. The van der Waals surface area contributed by atoms with Crippen molar-refractivity contribution < 1.29 is 28.0 Å². The maximum Gasteiger partial charge on any atom is 0.474 e. The van der Waals surface area contributed by atoms with Crippen LogP contribution in [0, 0.1) is 0 Å². The number of hydrogen-bond acceptors (Lipinski definition) is 6. The van der Waals surface area contributed by atoms with Crippen LogP contribution in [0.15, 0.2) is 0 Å². The summed E-state index contributed by atoms with van der Waals surface area (Å²) in [5, 5.41) is 8.55. The molecule has 0 amide bonds. The number of aliphatic carboxylic acids is 1. The first-order valence-corrected chi connectivity index (χ1v) is 6.93. The van der Waals surface area contributed by atoms with E-state index >= 15 is 0 Å². The largest absolute Gasteiger partial charge is 0.480 e. The average Bonchev–Trinajstić information content (AvgIpc) is 2.31. The number of carboxylic acid groups (broad SMARTS) is 1. The molecule has 0 aliphatic rings. The van der Waals surface area contributed by atoms with Crippen molar-refractivity contribution in [1.29, 1.82) is 0 Å². The summed E-state index contributed by atoms with van der Waals surface area (Å²) in [7, 11) is -3.69. The van der Waals surface area contributed by atoms with Crippen molar-refractivity contribution in [2.45, 2.75) is 32.7 Å². The third-order valence-corrected chi connectivity index (χ3v) is 3.10. The molecule has 1 atom stereocenters. The number of carbonyl (C=O) groups is 1. The van der Waals surface area contributed by atoms with Crippen LogP contribution >= 0.6 is 7.82 Å². The third kappa shape index (κ3) is 7.46. The van der Waals surface area contributed by atoms with Crippen molar-refractivity contribution in [2.24, 2.45) is 5.73 Å². The molecule has 3 N–H and O–H groups in total. The minimum absolute atomic E-state index is 0.212. The number of phosphoric ester groups is 1. The van der Waals surface area contributed by atoms with Crippen molar-refractivity contribution in [3.63, 3.8) is 0 Å². The summed E-state index contributed by atoms with van der Waals surface area (Å²) < 4.78 is 26.8. The van der Waals surface area contributed by atoms with E-state index in [0.717, 1.165) is 0 Å². The van der Waals surface area contributed by atoms with Crippen molar-refractivity contribution in [2.75, 3.05) is 19.8 Å². The highest BCUT2D eigenvalue weighted by Gasteiger charge is 2.28. The van der Waals surface area contributed by atoms with Crippen molar-refractivity contribution in [1.82, 2.24) is 0 Å². The van der Waals surface area contributed by atoms with Crippen molar-refractivity contribution >= 4 is 13.8 Å². The highest BCUT2D eigenvalue weighted by Crippen LogP contribution is 2.49. The van der Waals surface area contributed by atoms with E-state index in [1.54, 1.807) is 0 Å². The van der Waals surface area contributed by atoms with E-state index in [0.29, 0.717) is 12.8 Å². The van der Waals surface area contributed by atoms with E-state index in [1.807, 2.05) is 13.8 Å². The van der Waals surface area contributed by atoms with Crippen LogP contribution in [0.2, 0.25) is 0 Å². The smallest absolute Gasteiger partial charge is 0.474 e. The summed E-state index contributed by atoms with van der Waals surface area (Å²) in [6, 6.07) is -1.25. The zero-order valence-corrected chi connectivity index (χ0v) is 11.0. The Hall–Kier alpha value is -0.460. The first kappa shape index (κ1) is 16.5. The molecule has 0 aliphatic carbocycles. The number of rotatable bonds is 10. The Morgan fingerprint density at radius 2 is 1.71 bits per heavy atom. The van der Waals surface area contributed by atoms with Gasteiger partial charge in [-0.3, -0.25) is 18.4 Å². The monoisotopic (exact) mass is 269 g/mol. The first-order chi connectivity index (χ1) is 7.95. The lowest BCUT2D eigenvalue weighted by Crippen LogP contribution is -2.34. The van der Waals surface area contributed by atoms with Crippen molar-refractivity contribution in [3.8, 4) is 0 Å². The van der Waals surface area contributed by atoms with Crippen LogP contribution < -0.4 is 5.73 Å². The van der Waals surface area contributed by atoms with Gasteiger partial charge < -0.3 is 10.8 Å². The lowest BCUT2D eigenvalue weighted by molar-refractivity contribution is -0.139. The number of nitrogens with two attached hydrogens (primary N) is 1. The van der Waals surface area contributed by atoms with E-state index in [9.17, 15) is 9.36 Å². The van der Waals surface area contributed by atoms with E-state index in [1.165, 1.54) is 0 Å². The molecule has 102 valence electrons. The highest BCUT2D eigenvalue weighted by molar-refractivity contribution is 7.48. The fraction of sp³-hybridized carbons (Fsp3) is 0.889. The van der Waals surface area contributed by atoms with Crippen LogP contribution in [0.5, 0.6) is 0 Å². The molecule has 0 aromatic heterocycles. The molecule has 1 unspecified atom stereocenters. The van der Waals surface area contributed by atoms with Gasteiger partial charge in [0.15, 0.2) is 0 Å². The van der Waals surface area contributed by atoms with Crippen LogP contribution in [0.3, 0.4) is 0 Å². The predicted molar refractivity (Wildman–Crippen MR) is 61.7 cm³/mol. The molecule has 8 heteroatoms. The molecule has 0 rings (SSSR count). The van der Waals surface area contributed by atoms with E-state index < -0.39 is 26.4 Å². The molecular weight excluding hydrogens is 249 g/mol. The molecule has 0 spiro atoms. The Labute approximate surface area is 101 Å². The van der Waals surface area contributed by atoms with Crippen LogP contribution in [0.25, 0.3) is 0 Å². The molecule has 17 heavy (non-hydrogen) atoms. The molecule has 0 saturated carbocycles. The van der Waals surface area contributed by atoms with Gasteiger partial charge in [-0.05, 0) is 12.8 Å². The number of carboxylic acids is 1. The van der Waals surface area contributed by atoms with Gasteiger partial charge in [0.05, 0.1) is 19.8 Å². The van der Waals surface area contributed by atoms with Crippen LogP contribution in [-0.2, 0) is 22.9 Å². The Kier molecular flexibility index (Phi) is 8.37. The fourth-order valence-corrected chi connectivity index (χ4v) is 2.14. The molecule has 0 radical (unpaired) electrons. The molecule has 0 heterocycles. The fourth-order valence-electron chi connectivity index (χ4n) is 0.761. The van der Waals surface area contributed by atoms with Gasteiger partial charge in [-0.25, -0.2) is 4.57 Å². The Morgan fingerprint density at radius 3 is 2.06 bits per heavy atom. The molecule has 0 aromatic carbocycles.